The highest BCUT2D eigenvalue weighted by molar-refractivity contribution is 6.34. The summed E-state index contributed by atoms with van der Waals surface area (Å²) in [6.07, 6.45) is 1.65. The van der Waals surface area contributed by atoms with E-state index in [0.717, 1.165) is 19.2 Å². The van der Waals surface area contributed by atoms with Gasteiger partial charge in [0, 0.05) is 48.9 Å². The van der Waals surface area contributed by atoms with E-state index in [1.54, 1.807) is 12.3 Å². The van der Waals surface area contributed by atoms with Crippen molar-refractivity contribution in [2.24, 2.45) is 0 Å². The molecule has 41 heavy (non-hydrogen) atoms. The van der Waals surface area contributed by atoms with Crippen molar-refractivity contribution in [2.45, 2.75) is 59.5 Å². The molecule has 216 valence electrons. The highest BCUT2D eigenvalue weighted by Crippen LogP contribution is 2.43. The molecule has 2 aromatic carbocycles. The molecule has 1 aliphatic heterocycles. The summed E-state index contributed by atoms with van der Waals surface area (Å²) in [4.78, 5) is 27.4. The normalized spacial score (nSPS) is 16.4. The van der Waals surface area contributed by atoms with Crippen LogP contribution in [-0.4, -0.2) is 56.3 Å². The maximum Gasteiger partial charge on any atom is 0.354 e. The van der Waals surface area contributed by atoms with E-state index in [4.69, 9.17) is 11.6 Å². The average Bonchev–Trinajstić information content (AvgIpc) is 2.90. The number of halogens is 3. The lowest BCUT2D eigenvalue weighted by atomic mass is 9.99. The van der Waals surface area contributed by atoms with Gasteiger partial charge in [-0.25, -0.2) is 13.6 Å². The molecule has 0 bridgehead atoms. The second-order valence-corrected chi connectivity index (χ2v) is 11.7. The van der Waals surface area contributed by atoms with E-state index in [1.807, 2.05) is 32.6 Å². The molecule has 0 radical (unpaired) electrons. The minimum atomic E-state index is -0.930. The van der Waals surface area contributed by atoms with Gasteiger partial charge in [0.1, 0.15) is 17.4 Å². The second kappa shape index (κ2) is 11.0. The Balaban J connectivity index is 1.90. The van der Waals surface area contributed by atoms with Gasteiger partial charge in [0.2, 0.25) is 0 Å². The number of phenols is 1. The van der Waals surface area contributed by atoms with Gasteiger partial charge in [0.05, 0.1) is 27.5 Å². The summed E-state index contributed by atoms with van der Waals surface area (Å²) < 4.78 is 33.3. The molecular formula is C31H34ClF2N5O2. The monoisotopic (exact) mass is 581 g/mol. The molecule has 1 unspecified atom stereocenters. The summed E-state index contributed by atoms with van der Waals surface area (Å²) in [7, 11) is 0. The van der Waals surface area contributed by atoms with Crippen LogP contribution >= 0.6 is 11.6 Å². The van der Waals surface area contributed by atoms with Crippen molar-refractivity contribution in [2.75, 3.05) is 24.5 Å². The van der Waals surface area contributed by atoms with Crippen LogP contribution in [-0.2, 0) is 0 Å². The highest BCUT2D eigenvalue weighted by Gasteiger charge is 2.32. The predicted octanol–water partition coefficient (Wildman–Crippen LogP) is 6.44. The van der Waals surface area contributed by atoms with Gasteiger partial charge in [-0.3, -0.25) is 14.5 Å². The van der Waals surface area contributed by atoms with Crippen LogP contribution in [0.2, 0.25) is 5.02 Å². The number of piperazine rings is 1. The number of phenolic OH excluding ortho intramolecular Hbond substituents is 1. The SMILES string of the molecule is Cc1ccnc(C(C)C)c1-n1c(=O)nc(N2CCN(C(C)C)CC2C)c2cc(Cl)c(-c3c(O)cccc3F)c(F)c21. The third-order valence-corrected chi connectivity index (χ3v) is 8.18. The van der Waals surface area contributed by atoms with Crippen molar-refractivity contribution in [3.8, 4) is 22.6 Å². The first-order valence-electron chi connectivity index (χ1n) is 13.8. The molecule has 1 fully saturated rings. The lowest BCUT2D eigenvalue weighted by Crippen LogP contribution is -2.54. The predicted molar refractivity (Wildman–Crippen MR) is 160 cm³/mol. The number of anilines is 1. The highest BCUT2D eigenvalue weighted by atomic mass is 35.5. The summed E-state index contributed by atoms with van der Waals surface area (Å²) in [5.41, 5.74) is 0.217. The molecule has 3 heterocycles. The second-order valence-electron chi connectivity index (χ2n) is 11.3. The van der Waals surface area contributed by atoms with E-state index in [-0.39, 0.29) is 33.6 Å². The Morgan fingerprint density at radius 2 is 1.83 bits per heavy atom. The number of nitrogens with zero attached hydrogens (tertiary/aromatic N) is 5. The quantitative estimate of drug-likeness (QED) is 0.292. The van der Waals surface area contributed by atoms with E-state index in [9.17, 15) is 9.90 Å². The van der Waals surface area contributed by atoms with Gasteiger partial charge in [-0.15, -0.1) is 0 Å². The number of rotatable bonds is 5. The molecule has 1 saturated heterocycles. The summed E-state index contributed by atoms with van der Waals surface area (Å²) in [5, 5.41) is 10.8. The fourth-order valence-corrected chi connectivity index (χ4v) is 6.05. The molecule has 1 N–H and O–H groups in total. The maximum absolute atomic E-state index is 17.0. The summed E-state index contributed by atoms with van der Waals surface area (Å²) in [6, 6.07) is 7.30. The van der Waals surface area contributed by atoms with E-state index in [2.05, 4.69) is 28.7 Å². The molecule has 0 saturated carbocycles. The number of hydrogen-bond donors (Lipinski definition) is 1. The fraction of sp³-hybridized carbons (Fsp3) is 0.387. The van der Waals surface area contributed by atoms with Crippen LogP contribution in [0.15, 0.2) is 41.3 Å². The van der Waals surface area contributed by atoms with Crippen LogP contribution in [0.4, 0.5) is 14.6 Å². The zero-order chi connectivity index (χ0) is 29.7. The molecule has 7 nitrogen and oxygen atoms in total. The topological polar surface area (TPSA) is 74.5 Å². The van der Waals surface area contributed by atoms with Crippen LogP contribution in [0, 0.1) is 18.6 Å². The zero-order valence-corrected chi connectivity index (χ0v) is 24.8. The van der Waals surface area contributed by atoms with Crippen molar-refractivity contribution in [1.29, 1.82) is 0 Å². The Kier molecular flexibility index (Phi) is 7.78. The van der Waals surface area contributed by atoms with Crippen molar-refractivity contribution in [3.63, 3.8) is 0 Å². The third kappa shape index (κ3) is 4.95. The first-order chi connectivity index (χ1) is 19.4. The third-order valence-electron chi connectivity index (χ3n) is 7.88. The summed E-state index contributed by atoms with van der Waals surface area (Å²) in [5.74, 6) is -2.02. The Hall–Kier alpha value is -3.56. The molecule has 1 aliphatic rings. The van der Waals surface area contributed by atoms with Crippen LogP contribution in [0.25, 0.3) is 27.7 Å². The van der Waals surface area contributed by atoms with Crippen molar-refractivity contribution in [1.82, 2.24) is 19.4 Å². The number of pyridine rings is 1. The van der Waals surface area contributed by atoms with Gasteiger partial charge >= 0.3 is 5.69 Å². The number of aryl methyl sites for hydroxylation is 1. The van der Waals surface area contributed by atoms with Crippen molar-refractivity contribution >= 4 is 28.3 Å². The number of benzene rings is 2. The van der Waals surface area contributed by atoms with Gasteiger partial charge < -0.3 is 10.0 Å². The van der Waals surface area contributed by atoms with E-state index in [1.165, 1.54) is 22.8 Å². The molecule has 5 rings (SSSR count). The number of fused-ring (bicyclic) bond motifs is 1. The van der Waals surface area contributed by atoms with Gasteiger partial charge in [0.15, 0.2) is 5.82 Å². The first-order valence-corrected chi connectivity index (χ1v) is 14.2. The smallest absolute Gasteiger partial charge is 0.354 e. The summed E-state index contributed by atoms with van der Waals surface area (Å²) in [6.45, 7) is 14.1. The Morgan fingerprint density at radius 1 is 1.10 bits per heavy atom. The Labute approximate surface area is 243 Å². The van der Waals surface area contributed by atoms with Gasteiger partial charge in [-0.2, -0.15) is 4.98 Å². The van der Waals surface area contributed by atoms with Crippen LogP contribution < -0.4 is 10.6 Å². The Bertz CT molecular complexity index is 1680. The largest absolute Gasteiger partial charge is 0.507 e. The van der Waals surface area contributed by atoms with Gasteiger partial charge in [0.25, 0.3) is 0 Å². The molecular weight excluding hydrogens is 548 g/mol. The van der Waals surface area contributed by atoms with Crippen molar-refractivity contribution in [3.05, 3.63) is 74.9 Å². The molecule has 2 aromatic heterocycles. The Morgan fingerprint density at radius 3 is 2.46 bits per heavy atom. The van der Waals surface area contributed by atoms with E-state index in [0.29, 0.717) is 40.7 Å². The number of hydrogen-bond acceptors (Lipinski definition) is 6. The first kappa shape index (κ1) is 29.0. The molecule has 4 aromatic rings. The number of aromatic nitrogens is 3. The maximum atomic E-state index is 17.0. The zero-order valence-electron chi connectivity index (χ0n) is 24.0. The van der Waals surface area contributed by atoms with Crippen LogP contribution in [0.1, 0.15) is 51.8 Å². The lowest BCUT2D eigenvalue weighted by Gasteiger charge is -2.42. The van der Waals surface area contributed by atoms with Gasteiger partial charge in [-0.05, 0) is 63.4 Å². The summed E-state index contributed by atoms with van der Waals surface area (Å²) >= 11 is 6.68. The molecule has 0 spiro atoms. The molecule has 1 atom stereocenters. The van der Waals surface area contributed by atoms with E-state index >= 15 is 8.78 Å². The number of aromatic hydroxyl groups is 1. The minimum Gasteiger partial charge on any atom is -0.507 e. The minimum absolute atomic E-state index is 0.0272. The fourth-order valence-electron chi connectivity index (χ4n) is 5.76. The van der Waals surface area contributed by atoms with Crippen LogP contribution in [0.5, 0.6) is 5.75 Å². The van der Waals surface area contributed by atoms with E-state index < -0.39 is 23.1 Å². The standard InChI is InChI=1S/C31H34ClF2N5O2/c1-16(2)27-28(18(5)10-11-35-27)39-29-20(14-21(32)24(26(29)34)25-22(33)8-7-9-23(25)40)30(36-31(39)41)38-13-12-37(17(3)4)15-19(38)6/h7-11,14,16-17,19,40H,12-13,15H2,1-6H3. The van der Waals surface area contributed by atoms with Crippen LogP contribution in [0.3, 0.4) is 0 Å². The molecule has 10 heteroatoms. The molecule has 0 amide bonds. The van der Waals surface area contributed by atoms with Crippen molar-refractivity contribution < 1.29 is 13.9 Å². The average molecular weight is 582 g/mol. The molecule has 0 aliphatic carbocycles. The lowest BCUT2D eigenvalue weighted by molar-refractivity contribution is 0.185. The van der Waals surface area contributed by atoms with Gasteiger partial charge in [-0.1, -0.05) is 31.5 Å².